The quantitative estimate of drug-likeness (QED) is 0.102. The Hall–Kier alpha value is -4.47. The fourth-order valence-corrected chi connectivity index (χ4v) is 7.59. The fraction of sp³-hybridized carbons (Fsp3) is 0.333. The van der Waals surface area contributed by atoms with Crippen LogP contribution in [0.15, 0.2) is 97.5 Å². The zero-order chi connectivity index (χ0) is 37.1. The summed E-state index contributed by atoms with van der Waals surface area (Å²) in [6.07, 6.45) is 12.3. The van der Waals surface area contributed by atoms with Crippen molar-refractivity contribution in [1.29, 1.82) is 0 Å². The molecular formula is C48H52N4OPt. The van der Waals surface area contributed by atoms with Crippen LogP contribution in [0.3, 0.4) is 0 Å². The number of hydrogen-bond acceptors (Lipinski definition) is 3. The summed E-state index contributed by atoms with van der Waals surface area (Å²) < 4.78 is 10.8. The molecule has 0 unspecified atom stereocenters. The van der Waals surface area contributed by atoms with Crippen molar-refractivity contribution in [1.82, 2.24) is 19.3 Å². The zero-order valence-corrected chi connectivity index (χ0v) is 35.0. The van der Waals surface area contributed by atoms with E-state index in [1.54, 1.807) is 0 Å². The second-order valence-electron chi connectivity index (χ2n) is 15.8. The van der Waals surface area contributed by atoms with Crippen LogP contribution in [-0.4, -0.2) is 19.3 Å². The maximum atomic E-state index is 6.66. The summed E-state index contributed by atoms with van der Waals surface area (Å²) in [5, 5.41) is 7.20. The number of pyridine rings is 1. The smallest absolute Gasteiger partial charge is 0.509 e. The molecule has 7 aromatic rings. The van der Waals surface area contributed by atoms with Gasteiger partial charge in [0.15, 0.2) is 0 Å². The fourth-order valence-electron chi connectivity index (χ4n) is 7.59. The van der Waals surface area contributed by atoms with Crippen molar-refractivity contribution < 1.29 is 25.8 Å². The number of unbranched alkanes of at least 4 members (excludes halogenated alkanes) is 1. The summed E-state index contributed by atoms with van der Waals surface area (Å²) in [5.74, 6) is 3.85. The summed E-state index contributed by atoms with van der Waals surface area (Å²) in [5.41, 5.74) is 10.6. The molecule has 54 heavy (non-hydrogen) atoms. The Morgan fingerprint density at radius 1 is 0.722 bits per heavy atom. The summed E-state index contributed by atoms with van der Waals surface area (Å²) in [7, 11) is 0. The predicted octanol–water partition coefficient (Wildman–Crippen LogP) is 12.4. The molecule has 0 saturated carbocycles. The van der Waals surface area contributed by atoms with Crippen LogP contribution in [0, 0.1) is 29.9 Å². The number of para-hydroxylation sites is 1. The van der Waals surface area contributed by atoms with Gasteiger partial charge in [-0.3, -0.25) is 4.68 Å². The van der Waals surface area contributed by atoms with Crippen LogP contribution >= 0.6 is 0 Å². The van der Waals surface area contributed by atoms with Crippen molar-refractivity contribution in [3.8, 4) is 34.1 Å². The van der Waals surface area contributed by atoms with Gasteiger partial charge in [-0.1, -0.05) is 110 Å². The molecule has 0 fully saturated rings. The molecule has 0 atom stereocenters. The largest absolute Gasteiger partial charge is 2.00 e. The average molecular weight is 896 g/mol. The maximum Gasteiger partial charge on any atom is 2.00 e. The Kier molecular flexibility index (Phi) is 12.6. The third kappa shape index (κ3) is 8.74. The molecule has 0 saturated heterocycles. The van der Waals surface area contributed by atoms with Gasteiger partial charge in [0.1, 0.15) is 5.82 Å². The number of nitrogens with zero attached hydrogens (tertiary/aromatic N) is 4. The van der Waals surface area contributed by atoms with Crippen molar-refractivity contribution in [2.75, 3.05) is 0 Å². The van der Waals surface area contributed by atoms with Crippen LogP contribution in [0.4, 0.5) is 0 Å². The molecule has 4 aromatic carbocycles. The van der Waals surface area contributed by atoms with Crippen LogP contribution in [0.2, 0.25) is 0 Å². The minimum absolute atomic E-state index is 0. The van der Waals surface area contributed by atoms with Gasteiger partial charge in [0, 0.05) is 35.0 Å². The van der Waals surface area contributed by atoms with Crippen LogP contribution < -0.4 is 4.74 Å². The van der Waals surface area contributed by atoms with Crippen molar-refractivity contribution in [3.05, 3.63) is 132 Å². The molecule has 7 rings (SSSR count). The topological polar surface area (TPSA) is 44.9 Å². The monoisotopic (exact) mass is 895 g/mol. The summed E-state index contributed by atoms with van der Waals surface area (Å²) in [6.45, 7) is 15.9. The Labute approximate surface area is 336 Å². The van der Waals surface area contributed by atoms with Crippen molar-refractivity contribution in [2.45, 2.75) is 87.0 Å². The second-order valence-corrected chi connectivity index (χ2v) is 15.8. The first-order chi connectivity index (χ1) is 25.7. The minimum Gasteiger partial charge on any atom is -0.509 e. The molecule has 0 bridgehead atoms. The molecule has 0 amide bonds. The Morgan fingerprint density at radius 2 is 1.46 bits per heavy atom. The summed E-state index contributed by atoms with van der Waals surface area (Å²) >= 11 is 0. The standard InChI is InChI=1S/C48H52N4O.Pt/c1-8-9-13-35-25-40(51-31-39(30-50-51)48-37(23-33(4)5)14-12-15-38(48)24-34(6)7)28-42(26-35)53-41-18-19-44-43-16-10-11-17-45(43)52(46(44)29-41)47-27-36(20-21-49-47)22-32(2)3;/h10-12,14-21,25-27,30-34H,8-9,13,22-24H2,1-7H3;/q-2;+2. The Morgan fingerprint density at radius 3 is 2.19 bits per heavy atom. The molecule has 5 nitrogen and oxygen atoms in total. The van der Waals surface area contributed by atoms with Gasteiger partial charge in [-0.05, 0) is 88.5 Å². The number of rotatable bonds is 14. The second kappa shape index (κ2) is 17.3. The molecule has 0 spiro atoms. The van der Waals surface area contributed by atoms with E-state index in [1.165, 1.54) is 27.8 Å². The van der Waals surface area contributed by atoms with Gasteiger partial charge in [0.25, 0.3) is 0 Å². The molecule has 0 aliphatic rings. The summed E-state index contributed by atoms with van der Waals surface area (Å²) in [4.78, 5) is 4.84. The molecule has 6 heteroatoms. The normalized spacial score (nSPS) is 11.7. The molecular weight excluding hydrogens is 844 g/mol. The number of aryl methyl sites for hydroxylation is 1. The zero-order valence-electron chi connectivity index (χ0n) is 32.7. The van der Waals surface area contributed by atoms with Gasteiger partial charge in [-0.15, -0.1) is 35.7 Å². The molecule has 0 aliphatic carbocycles. The van der Waals surface area contributed by atoms with Crippen LogP contribution in [0.25, 0.3) is 44.4 Å². The van der Waals surface area contributed by atoms with Gasteiger partial charge in [-0.2, -0.15) is 16.7 Å². The van der Waals surface area contributed by atoms with E-state index in [0.717, 1.165) is 77.4 Å². The molecule has 3 heterocycles. The van der Waals surface area contributed by atoms with Crippen molar-refractivity contribution >= 4 is 21.8 Å². The number of aromatic nitrogens is 4. The minimum atomic E-state index is 0. The van der Waals surface area contributed by atoms with Crippen LogP contribution in [0.5, 0.6) is 11.5 Å². The third-order valence-electron chi connectivity index (χ3n) is 9.78. The first-order valence-electron chi connectivity index (χ1n) is 19.5. The van der Waals surface area contributed by atoms with Gasteiger partial charge < -0.3 is 9.30 Å². The van der Waals surface area contributed by atoms with E-state index >= 15 is 0 Å². The van der Waals surface area contributed by atoms with Crippen molar-refractivity contribution in [2.24, 2.45) is 17.8 Å². The van der Waals surface area contributed by atoms with E-state index in [-0.39, 0.29) is 21.1 Å². The SMILES string of the molecule is CCCCc1cc(Oc2[c-]c3c(cc2)c2ccccc2n3-c2cc(CC(C)C)ccn2)[c-]c(-n2cc(-c3c(CC(C)C)cccc3CC(C)C)cn2)c1.[Pt+2]. The van der Waals surface area contributed by atoms with E-state index < -0.39 is 0 Å². The van der Waals surface area contributed by atoms with E-state index in [9.17, 15) is 0 Å². The first kappa shape index (κ1) is 39.2. The van der Waals surface area contributed by atoms with Crippen LogP contribution in [0.1, 0.15) is 83.6 Å². The number of fused-ring (bicyclic) bond motifs is 3. The summed E-state index contributed by atoms with van der Waals surface area (Å²) in [6, 6.07) is 35.3. The third-order valence-corrected chi connectivity index (χ3v) is 9.78. The average Bonchev–Trinajstić information content (AvgIpc) is 3.73. The van der Waals surface area contributed by atoms with Gasteiger partial charge in [0.05, 0.1) is 6.20 Å². The van der Waals surface area contributed by atoms with Gasteiger partial charge in [-0.25, -0.2) is 4.98 Å². The maximum absolute atomic E-state index is 6.66. The van der Waals surface area contributed by atoms with Crippen molar-refractivity contribution in [3.63, 3.8) is 0 Å². The molecule has 3 aromatic heterocycles. The molecule has 280 valence electrons. The molecule has 0 N–H and O–H groups in total. The van der Waals surface area contributed by atoms with E-state index in [0.29, 0.717) is 29.3 Å². The van der Waals surface area contributed by atoms with E-state index in [4.69, 9.17) is 14.8 Å². The number of hydrogen-bond donors (Lipinski definition) is 0. The number of benzene rings is 4. The molecule has 0 radical (unpaired) electrons. The van der Waals surface area contributed by atoms with E-state index in [2.05, 4.69) is 144 Å². The van der Waals surface area contributed by atoms with Gasteiger partial charge in [0.2, 0.25) is 0 Å². The Balaban J connectivity index is 0.00000497. The predicted molar refractivity (Wildman–Crippen MR) is 220 cm³/mol. The first-order valence-corrected chi connectivity index (χ1v) is 19.5. The molecule has 0 aliphatic heterocycles. The van der Waals surface area contributed by atoms with Crippen LogP contribution in [-0.2, 0) is 46.7 Å². The van der Waals surface area contributed by atoms with E-state index in [1.807, 2.05) is 23.1 Å². The number of ether oxygens (including phenoxy) is 1. The van der Waals surface area contributed by atoms with Gasteiger partial charge >= 0.3 is 21.1 Å². The Bertz CT molecular complexity index is 2320.